The second kappa shape index (κ2) is 10.7. The van der Waals surface area contributed by atoms with Crippen LogP contribution in [0.3, 0.4) is 0 Å². The highest BCUT2D eigenvalue weighted by Gasteiger charge is 2.04. The van der Waals surface area contributed by atoms with Gasteiger partial charge in [-0.05, 0) is 60.5 Å². The van der Waals surface area contributed by atoms with Crippen LogP contribution in [-0.4, -0.2) is 18.7 Å². The van der Waals surface area contributed by atoms with Crippen LogP contribution in [0.4, 0.5) is 0 Å². The van der Waals surface area contributed by atoms with Crippen molar-refractivity contribution in [2.75, 3.05) is 6.61 Å². The summed E-state index contributed by atoms with van der Waals surface area (Å²) < 4.78 is 11.4. The van der Waals surface area contributed by atoms with Gasteiger partial charge in [-0.2, -0.15) is 5.10 Å². The van der Waals surface area contributed by atoms with E-state index in [4.69, 9.17) is 9.47 Å². The molecule has 3 aromatic carbocycles. The van der Waals surface area contributed by atoms with Gasteiger partial charge < -0.3 is 9.47 Å². The number of ether oxygens (including phenoxy) is 2. The van der Waals surface area contributed by atoms with Crippen molar-refractivity contribution in [3.63, 3.8) is 0 Å². The van der Waals surface area contributed by atoms with Gasteiger partial charge in [0.15, 0.2) is 0 Å². The number of carbonyl (C=O) groups excluding carboxylic acids is 1. The summed E-state index contributed by atoms with van der Waals surface area (Å²) >= 11 is 0. The van der Waals surface area contributed by atoms with E-state index >= 15 is 0 Å². The van der Waals surface area contributed by atoms with Gasteiger partial charge in [-0.25, -0.2) is 5.43 Å². The molecule has 0 unspecified atom stereocenters. The number of amides is 1. The maximum atomic E-state index is 12.2. The first-order valence-corrected chi connectivity index (χ1v) is 9.64. The average Bonchev–Trinajstić information content (AvgIpc) is 2.75. The van der Waals surface area contributed by atoms with Gasteiger partial charge in [-0.15, -0.1) is 0 Å². The molecule has 0 bridgehead atoms. The predicted molar refractivity (Wildman–Crippen MR) is 115 cm³/mol. The van der Waals surface area contributed by atoms with Crippen LogP contribution >= 0.6 is 0 Å². The Bertz CT molecular complexity index is 938. The maximum absolute atomic E-state index is 12.2. The van der Waals surface area contributed by atoms with Crippen LogP contribution in [0.15, 0.2) is 84.0 Å². The van der Waals surface area contributed by atoms with Crippen molar-refractivity contribution in [2.45, 2.75) is 19.8 Å². The van der Waals surface area contributed by atoms with Crippen molar-refractivity contribution in [1.82, 2.24) is 5.43 Å². The van der Waals surface area contributed by atoms with E-state index in [0.717, 1.165) is 29.9 Å². The number of hydrazone groups is 1. The molecular formula is C24H24N2O3. The molecule has 0 atom stereocenters. The molecule has 1 N–H and O–H groups in total. The molecule has 3 rings (SSSR count). The molecular weight excluding hydrogens is 364 g/mol. The number of benzene rings is 3. The molecule has 148 valence electrons. The molecule has 5 nitrogen and oxygen atoms in total. The first kappa shape index (κ1) is 20.1. The zero-order valence-electron chi connectivity index (χ0n) is 16.4. The smallest absolute Gasteiger partial charge is 0.271 e. The Morgan fingerprint density at radius 1 is 0.931 bits per heavy atom. The minimum Gasteiger partial charge on any atom is -0.494 e. The molecule has 0 heterocycles. The van der Waals surface area contributed by atoms with E-state index in [1.807, 2.05) is 54.6 Å². The fourth-order valence-corrected chi connectivity index (χ4v) is 2.55. The van der Waals surface area contributed by atoms with Crippen molar-refractivity contribution in [2.24, 2.45) is 5.10 Å². The molecule has 3 aromatic rings. The number of para-hydroxylation sites is 1. The number of nitrogens with zero attached hydrogens (tertiary/aromatic N) is 1. The highest BCUT2D eigenvalue weighted by atomic mass is 16.5. The third-order valence-corrected chi connectivity index (χ3v) is 4.10. The van der Waals surface area contributed by atoms with E-state index in [-0.39, 0.29) is 5.91 Å². The Morgan fingerprint density at radius 2 is 1.69 bits per heavy atom. The predicted octanol–water partition coefficient (Wildman–Crippen LogP) is 5.42. The van der Waals surface area contributed by atoms with Crippen molar-refractivity contribution in [1.29, 1.82) is 0 Å². The minimum atomic E-state index is -0.280. The second-order valence-corrected chi connectivity index (χ2v) is 6.41. The SMILES string of the molecule is CCCCOc1ccc(C(=O)NN=Cc2cccc(Oc3ccccc3)c2)cc1. The summed E-state index contributed by atoms with van der Waals surface area (Å²) in [7, 11) is 0. The van der Waals surface area contributed by atoms with Crippen LogP contribution in [0.25, 0.3) is 0 Å². The lowest BCUT2D eigenvalue weighted by Gasteiger charge is -2.06. The van der Waals surface area contributed by atoms with Crippen molar-refractivity contribution in [3.8, 4) is 17.2 Å². The second-order valence-electron chi connectivity index (χ2n) is 6.41. The number of rotatable bonds is 9. The quantitative estimate of drug-likeness (QED) is 0.302. The Labute approximate surface area is 171 Å². The Hall–Kier alpha value is -3.60. The molecule has 0 saturated carbocycles. The van der Waals surface area contributed by atoms with Gasteiger partial charge in [-0.3, -0.25) is 4.79 Å². The lowest BCUT2D eigenvalue weighted by molar-refractivity contribution is 0.0955. The zero-order chi connectivity index (χ0) is 20.3. The third kappa shape index (κ3) is 6.50. The minimum absolute atomic E-state index is 0.280. The summed E-state index contributed by atoms with van der Waals surface area (Å²) in [6.45, 7) is 2.79. The highest BCUT2D eigenvalue weighted by molar-refractivity contribution is 5.95. The molecule has 0 aliphatic carbocycles. The highest BCUT2D eigenvalue weighted by Crippen LogP contribution is 2.21. The topological polar surface area (TPSA) is 59.9 Å². The van der Waals surface area contributed by atoms with Gasteiger partial charge in [0.2, 0.25) is 0 Å². The van der Waals surface area contributed by atoms with E-state index in [9.17, 15) is 4.79 Å². The normalized spacial score (nSPS) is 10.7. The van der Waals surface area contributed by atoms with Crippen LogP contribution in [0, 0.1) is 0 Å². The maximum Gasteiger partial charge on any atom is 0.271 e. The lowest BCUT2D eigenvalue weighted by atomic mass is 10.2. The number of unbranched alkanes of at least 4 members (excludes halogenated alkanes) is 1. The van der Waals surface area contributed by atoms with Gasteiger partial charge in [0.1, 0.15) is 17.2 Å². The largest absolute Gasteiger partial charge is 0.494 e. The summed E-state index contributed by atoms with van der Waals surface area (Å²) in [6.07, 6.45) is 3.67. The van der Waals surface area contributed by atoms with Crippen LogP contribution < -0.4 is 14.9 Å². The Balaban J connectivity index is 1.54. The number of hydrogen-bond acceptors (Lipinski definition) is 4. The molecule has 29 heavy (non-hydrogen) atoms. The van der Waals surface area contributed by atoms with Gasteiger partial charge in [0, 0.05) is 5.56 Å². The van der Waals surface area contributed by atoms with E-state index in [1.54, 1.807) is 30.5 Å². The standard InChI is InChI=1S/C24H24N2O3/c1-2-3-16-28-21-14-12-20(13-15-21)24(27)26-25-18-19-8-7-11-23(17-19)29-22-9-5-4-6-10-22/h4-15,17-18H,2-3,16H2,1H3,(H,26,27). The average molecular weight is 388 g/mol. The van der Waals surface area contributed by atoms with Crippen LogP contribution in [0.1, 0.15) is 35.7 Å². The van der Waals surface area contributed by atoms with Gasteiger partial charge in [-0.1, -0.05) is 43.7 Å². The summed E-state index contributed by atoms with van der Waals surface area (Å²) in [6, 6.07) is 24.1. The molecule has 1 amide bonds. The monoisotopic (exact) mass is 388 g/mol. The lowest BCUT2D eigenvalue weighted by Crippen LogP contribution is -2.17. The first-order valence-electron chi connectivity index (χ1n) is 9.64. The molecule has 0 aliphatic heterocycles. The van der Waals surface area contributed by atoms with Crippen molar-refractivity contribution in [3.05, 3.63) is 90.0 Å². The Kier molecular flexibility index (Phi) is 7.41. The molecule has 0 saturated heterocycles. The van der Waals surface area contributed by atoms with E-state index in [2.05, 4.69) is 17.5 Å². The molecule has 5 heteroatoms. The number of nitrogens with one attached hydrogen (secondary N) is 1. The summed E-state index contributed by atoms with van der Waals surface area (Å²) in [5.74, 6) is 1.94. The van der Waals surface area contributed by atoms with Gasteiger partial charge in [0.05, 0.1) is 12.8 Å². The zero-order valence-corrected chi connectivity index (χ0v) is 16.4. The fourth-order valence-electron chi connectivity index (χ4n) is 2.55. The van der Waals surface area contributed by atoms with Crippen molar-refractivity contribution < 1.29 is 14.3 Å². The van der Waals surface area contributed by atoms with Gasteiger partial charge >= 0.3 is 0 Å². The summed E-state index contributed by atoms with van der Waals surface area (Å²) in [4.78, 5) is 12.2. The van der Waals surface area contributed by atoms with Gasteiger partial charge in [0.25, 0.3) is 5.91 Å². The third-order valence-electron chi connectivity index (χ3n) is 4.10. The van der Waals surface area contributed by atoms with E-state index < -0.39 is 0 Å². The van der Waals surface area contributed by atoms with E-state index in [0.29, 0.717) is 17.9 Å². The summed E-state index contributed by atoms with van der Waals surface area (Å²) in [5.41, 5.74) is 3.87. The molecule has 0 aliphatic rings. The first-order chi connectivity index (χ1) is 14.2. The van der Waals surface area contributed by atoms with Crippen LogP contribution in [0.2, 0.25) is 0 Å². The molecule has 0 aromatic heterocycles. The Morgan fingerprint density at radius 3 is 2.45 bits per heavy atom. The molecule has 0 spiro atoms. The van der Waals surface area contributed by atoms with E-state index in [1.165, 1.54) is 0 Å². The molecule has 0 radical (unpaired) electrons. The molecule has 0 fully saturated rings. The fraction of sp³-hybridized carbons (Fsp3) is 0.167. The number of carbonyl (C=O) groups is 1. The number of hydrogen-bond donors (Lipinski definition) is 1. The van der Waals surface area contributed by atoms with Crippen molar-refractivity contribution >= 4 is 12.1 Å². The summed E-state index contributed by atoms with van der Waals surface area (Å²) in [5, 5.41) is 4.04. The van der Waals surface area contributed by atoms with Crippen LogP contribution in [0.5, 0.6) is 17.2 Å². The van der Waals surface area contributed by atoms with Crippen LogP contribution in [-0.2, 0) is 0 Å².